The molecule has 1 N–H and O–H groups in total. The van der Waals surface area contributed by atoms with Gasteiger partial charge in [0.25, 0.3) is 0 Å². The third kappa shape index (κ3) is 4.43. The molecular weight excluding hydrogens is 357 g/mol. The molecule has 0 unspecified atom stereocenters. The molecule has 0 spiro atoms. The molecule has 0 aliphatic carbocycles. The van der Waals surface area contributed by atoms with Crippen molar-refractivity contribution in [3.63, 3.8) is 0 Å². The average molecular weight is 383 g/mol. The maximum Gasteiger partial charge on any atom is 0.410 e. The maximum atomic E-state index is 15.2. The van der Waals surface area contributed by atoms with Gasteiger partial charge in [0.2, 0.25) is 0 Å². The van der Waals surface area contributed by atoms with Crippen molar-refractivity contribution in [2.45, 2.75) is 44.4 Å². The van der Waals surface area contributed by atoms with E-state index < -0.39 is 11.8 Å². The number of alkyl halides is 1. The van der Waals surface area contributed by atoms with E-state index in [1.165, 1.54) is 10.5 Å². The molecule has 1 atom stereocenters. The van der Waals surface area contributed by atoms with Crippen LogP contribution in [0.15, 0.2) is 42.5 Å². The van der Waals surface area contributed by atoms with E-state index in [1.807, 2.05) is 36.4 Å². The number of nitrogens with one attached hydrogen (secondary N) is 1. The van der Waals surface area contributed by atoms with Crippen LogP contribution in [-0.4, -0.2) is 41.3 Å². The second-order valence-electron chi connectivity index (χ2n) is 7.70. The molecule has 148 valence electrons. The summed E-state index contributed by atoms with van der Waals surface area (Å²) in [6.07, 6.45) is 3.00. The fourth-order valence-electron chi connectivity index (χ4n) is 3.87. The summed E-state index contributed by atoms with van der Waals surface area (Å²) in [5.41, 5.74) is 1.68. The summed E-state index contributed by atoms with van der Waals surface area (Å²) >= 11 is 0. The molecule has 3 heterocycles. The summed E-state index contributed by atoms with van der Waals surface area (Å²) in [6, 6.07) is 13.6. The molecule has 1 amide bonds. The van der Waals surface area contributed by atoms with E-state index in [1.54, 1.807) is 0 Å². The van der Waals surface area contributed by atoms with Gasteiger partial charge in [-0.1, -0.05) is 36.4 Å². The van der Waals surface area contributed by atoms with Crippen molar-refractivity contribution in [2.24, 2.45) is 0 Å². The third-order valence-electron chi connectivity index (χ3n) is 5.55. The Bertz CT molecular complexity index is 830. The predicted molar refractivity (Wildman–Crippen MR) is 106 cm³/mol. The van der Waals surface area contributed by atoms with Crippen LogP contribution in [-0.2, 0) is 24.2 Å². The molecule has 0 saturated carbocycles. The van der Waals surface area contributed by atoms with E-state index in [-0.39, 0.29) is 13.2 Å². The van der Waals surface area contributed by atoms with Gasteiger partial charge in [0.05, 0.1) is 6.54 Å². The van der Waals surface area contributed by atoms with Gasteiger partial charge in [0.1, 0.15) is 18.1 Å². The lowest BCUT2D eigenvalue weighted by Crippen LogP contribution is -2.34. The van der Waals surface area contributed by atoms with Crippen molar-refractivity contribution in [1.82, 2.24) is 9.88 Å². The Labute approximate surface area is 164 Å². The first-order valence-electron chi connectivity index (χ1n) is 9.99. The Morgan fingerprint density at radius 1 is 1.25 bits per heavy atom. The van der Waals surface area contributed by atoms with Crippen LogP contribution in [0.1, 0.15) is 36.1 Å². The minimum Gasteiger partial charge on any atom is -0.445 e. The monoisotopic (exact) mass is 383 g/mol. The molecule has 28 heavy (non-hydrogen) atoms. The number of nitrogens with zero attached hydrogens (tertiary/aromatic N) is 2. The van der Waals surface area contributed by atoms with Crippen LogP contribution < -0.4 is 5.32 Å². The number of carbonyl (C=O) groups excluding carboxylic acids is 1. The molecule has 1 saturated heterocycles. The highest BCUT2D eigenvalue weighted by molar-refractivity contribution is 5.68. The maximum absolute atomic E-state index is 15.2. The van der Waals surface area contributed by atoms with Gasteiger partial charge < -0.3 is 15.0 Å². The largest absolute Gasteiger partial charge is 0.445 e. The Balaban J connectivity index is 1.28. The van der Waals surface area contributed by atoms with Gasteiger partial charge in [-0.2, -0.15) is 0 Å². The van der Waals surface area contributed by atoms with Crippen molar-refractivity contribution in [2.75, 3.05) is 25.0 Å². The number of ether oxygens (including phenoxy) is 1. The highest BCUT2D eigenvalue weighted by atomic mass is 19.1. The quantitative estimate of drug-likeness (QED) is 0.844. The first-order valence-corrected chi connectivity index (χ1v) is 9.99. The zero-order valence-electron chi connectivity index (χ0n) is 16.0. The number of hydrogen-bond acceptors (Lipinski definition) is 4. The molecule has 1 fully saturated rings. The van der Waals surface area contributed by atoms with Crippen molar-refractivity contribution in [1.29, 1.82) is 0 Å². The summed E-state index contributed by atoms with van der Waals surface area (Å²) in [5.74, 6) is 0.939. The van der Waals surface area contributed by atoms with Crippen LogP contribution in [0.5, 0.6) is 0 Å². The van der Waals surface area contributed by atoms with Crippen LogP contribution in [0.2, 0.25) is 0 Å². The number of amides is 1. The van der Waals surface area contributed by atoms with E-state index in [9.17, 15) is 4.79 Å². The Morgan fingerprint density at radius 2 is 2.11 bits per heavy atom. The summed E-state index contributed by atoms with van der Waals surface area (Å²) in [4.78, 5) is 18.4. The van der Waals surface area contributed by atoms with Gasteiger partial charge in [0, 0.05) is 25.2 Å². The molecule has 6 heteroatoms. The zero-order chi connectivity index (χ0) is 19.4. The number of aryl methyl sites for hydroxylation is 2. The fourth-order valence-corrected chi connectivity index (χ4v) is 3.87. The number of hydrogen-bond donors (Lipinski definition) is 1. The molecule has 2 aliphatic heterocycles. The van der Waals surface area contributed by atoms with Crippen molar-refractivity contribution in [3.05, 3.63) is 59.3 Å². The van der Waals surface area contributed by atoms with E-state index in [0.717, 1.165) is 36.5 Å². The fraction of sp³-hybridized carbons (Fsp3) is 0.455. The first kappa shape index (κ1) is 18.7. The predicted octanol–water partition coefficient (Wildman–Crippen LogP) is 4.12. The normalized spacial score (nSPS) is 21.1. The summed E-state index contributed by atoms with van der Waals surface area (Å²) in [5, 5.41) is 3.32. The number of anilines is 1. The van der Waals surface area contributed by atoms with Gasteiger partial charge in [-0.15, -0.1) is 0 Å². The third-order valence-corrected chi connectivity index (χ3v) is 5.55. The number of rotatable bonds is 5. The molecule has 1 aromatic heterocycles. The molecule has 2 aromatic rings. The number of likely N-dealkylation sites (tertiary alicyclic amines) is 1. The highest BCUT2D eigenvalue weighted by Crippen LogP contribution is 2.31. The Kier molecular flexibility index (Phi) is 5.46. The van der Waals surface area contributed by atoms with Gasteiger partial charge in [-0.3, -0.25) is 0 Å². The van der Waals surface area contributed by atoms with E-state index >= 15 is 4.39 Å². The number of fused-ring (bicyclic) bond motifs is 1. The second-order valence-corrected chi connectivity index (χ2v) is 7.70. The smallest absolute Gasteiger partial charge is 0.410 e. The second kappa shape index (κ2) is 8.17. The molecule has 5 nitrogen and oxygen atoms in total. The van der Waals surface area contributed by atoms with E-state index in [2.05, 4.69) is 16.4 Å². The number of carbonyl (C=O) groups is 1. The molecular formula is C22H26FN3O2. The van der Waals surface area contributed by atoms with Crippen LogP contribution >= 0.6 is 0 Å². The minimum absolute atomic E-state index is 0.0871. The van der Waals surface area contributed by atoms with Gasteiger partial charge in [-0.25, -0.2) is 14.2 Å². The summed E-state index contributed by atoms with van der Waals surface area (Å²) in [6.45, 7) is 1.63. The minimum atomic E-state index is -1.38. The standard InChI is InChI=1S/C22H26FN3O2/c23-22(11-10-19-9-8-18-7-4-13-24-20(18)25-19)12-14-26(16-22)21(27)28-15-17-5-2-1-3-6-17/h1-3,5-6,8-9H,4,7,10-16H2,(H,24,25)/t22-/m0/s1. The van der Waals surface area contributed by atoms with Crippen molar-refractivity contribution >= 4 is 11.9 Å². The number of benzene rings is 1. The molecule has 0 radical (unpaired) electrons. The van der Waals surface area contributed by atoms with Crippen molar-refractivity contribution in [3.8, 4) is 0 Å². The SMILES string of the molecule is O=C(OCc1ccccc1)N1CC[C@@](F)(CCc2ccc3c(n2)NCCC3)C1. The average Bonchev–Trinajstić information content (AvgIpc) is 3.14. The van der Waals surface area contributed by atoms with Gasteiger partial charge in [-0.05, 0) is 42.9 Å². The van der Waals surface area contributed by atoms with Crippen LogP contribution in [0.25, 0.3) is 0 Å². The van der Waals surface area contributed by atoms with Gasteiger partial charge >= 0.3 is 6.09 Å². The lowest BCUT2D eigenvalue weighted by Gasteiger charge is -2.21. The lowest BCUT2D eigenvalue weighted by atomic mass is 9.97. The molecule has 0 bridgehead atoms. The number of halogens is 1. The number of pyridine rings is 1. The zero-order valence-corrected chi connectivity index (χ0v) is 16.0. The van der Waals surface area contributed by atoms with E-state index in [4.69, 9.17) is 4.74 Å². The van der Waals surface area contributed by atoms with Gasteiger partial charge in [0.15, 0.2) is 0 Å². The molecule has 2 aliphatic rings. The summed E-state index contributed by atoms with van der Waals surface area (Å²) < 4.78 is 20.5. The Hall–Kier alpha value is -2.63. The van der Waals surface area contributed by atoms with E-state index in [0.29, 0.717) is 25.8 Å². The van der Waals surface area contributed by atoms with Crippen LogP contribution in [0.4, 0.5) is 15.0 Å². The summed E-state index contributed by atoms with van der Waals surface area (Å²) in [7, 11) is 0. The van der Waals surface area contributed by atoms with Crippen LogP contribution in [0, 0.1) is 0 Å². The highest BCUT2D eigenvalue weighted by Gasteiger charge is 2.40. The Morgan fingerprint density at radius 3 is 2.96 bits per heavy atom. The molecule has 4 rings (SSSR count). The molecule has 1 aromatic carbocycles. The topological polar surface area (TPSA) is 54.5 Å². The lowest BCUT2D eigenvalue weighted by molar-refractivity contribution is 0.0924. The first-order chi connectivity index (χ1) is 13.6. The van der Waals surface area contributed by atoms with Crippen LogP contribution in [0.3, 0.4) is 0 Å². The van der Waals surface area contributed by atoms with Crippen molar-refractivity contribution < 1.29 is 13.9 Å². The number of aromatic nitrogens is 1.